The number of hydrogen-bond acceptors (Lipinski definition) is 2. The molecule has 0 spiro atoms. The van der Waals surface area contributed by atoms with Crippen LogP contribution in [0.2, 0.25) is 0 Å². The first-order chi connectivity index (χ1) is 9.13. The lowest BCUT2D eigenvalue weighted by molar-refractivity contribution is 0.147. The fourth-order valence-corrected chi connectivity index (χ4v) is 2.84. The van der Waals surface area contributed by atoms with Gasteiger partial charge in [-0.1, -0.05) is 12.1 Å². The molecule has 0 unspecified atom stereocenters. The summed E-state index contributed by atoms with van der Waals surface area (Å²) in [7, 11) is 2.20. The molecule has 0 bridgehead atoms. The number of aromatic nitrogens is 1. The zero-order valence-corrected chi connectivity index (χ0v) is 12.2. The summed E-state index contributed by atoms with van der Waals surface area (Å²) in [5, 5.41) is 1.34. The summed E-state index contributed by atoms with van der Waals surface area (Å²) in [6.07, 6.45) is 0. The van der Waals surface area contributed by atoms with Gasteiger partial charge < -0.3 is 9.88 Å². The maximum Gasteiger partial charge on any atom is 0.0488 e. The molecule has 3 rings (SSSR count). The Kier molecular flexibility index (Phi) is 3.33. The van der Waals surface area contributed by atoms with Crippen molar-refractivity contribution in [1.82, 2.24) is 14.8 Å². The van der Waals surface area contributed by atoms with E-state index in [-0.39, 0.29) is 0 Å². The lowest BCUT2D eigenvalue weighted by Gasteiger charge is -2.31. The number of aromatic amines is 1. The average Bonchev–Trinajstić information content (AvgIpc) is 2.80. The van der Waals surface area contributed by atoms with Crippen LogP contribution in [-0.4, -0.2) is 48.0 Å². The molecule has 19 heavy (non-hydrogen) atoms. The molecule has 1 aliphatic rings. The fourth-order valence-electron chi connectivity index (χ4n) is 2.84. The zero-order valence-electron chi connectivity index (χ0n) is 12.2. The Labute approximate surface area is 115 Å². The highest BCUT2D eigenvalue weighted by atomic mass is 15.2. The summed E-state index contributed by atoms with van der Waals surface area (Å²) in [6.45, 7) is 10.1. The molecule has 3 nitrogen and oxygen atoms in total. The van der Waals surface area contributed by atoms with Gasteiger partial charge in [-0.05, 0) is 43.5 Å². The summed E-state index contributed by atoms with van der Waals surface area (Å²) in [4.78, 5) is 8.54. The van der Waals surface area contributed by atoms with Crippen LogP contribution in [0.25, 0.3) is 10.9 Å². The van der Waals surface area contributed by atoms with E-state index in [1.807, 2.05) is 0 Å². The van der Waals surface area contributed by atoms with Crippen molar-refractivity contribution in [3.8, 4) is 0 Å². The van der Waals surface area contributed by atoms with Gasteiger partial charge in [0.2, 0.25) is 0 Å². The molecule has 1 aromatic heterocycles. The Bertz CT molecular complexity index is 577. The normalized spacial score (nSPS) is 18.3. The predicted octanol–water partition coefficient (Wildman–Crippen LogP) is 2.53. The van der Waals surface area contributed by atoms with Crippen molar-refractivity contribution in [1.29, 1.82) is 0 Å². The van der Waals surface area contributed by atoms with E-state index in [0.29, 0.717) is 0 Å². The van der Waals surface area contributed by atoms with Gasteiger partial charge in [-0.15, -0.1) is 0 Å². The Morgan fingerprint density at radius 2 is 1.84 bits per heavy atom. The van der Waals surface area contributed by atoms with E-state index in [4.69, 9.17) is 0 Å². The Morgan fingerprint density at radius 3 is 2.58 bits per heavy atom. The molecule has 0 radical (unpaired) electrons. The minimum Gasteiger partial charge on any atom is -0.357 e. The van der Waals surface area contributed by atoms with Gasteiger partial charge in [0, 0.05) is 43.9 Å². The molecule has 0 aliphatic carbocycles. The molecule has 0 atom stereocenters. The second-order valence-corrected chi connectivity index (χ2v) is 5.85. The van der Waals surface area contributed by atoms with Crippen LogP contribution in [0.5, 0.6) is 0 Å². The Hall–Kier alpha value is -1.32. The van der Waals surface area contributed by atoms with Crippen LogP contribution in [0.3, 0.4) is 0 Å². The van der Waals surface area contributed by atoms with Crippen molar-refractivity contribution < 1.29 is 0 Å². The van der Waals surface area contributed by atoms with Crippen molar-refractivity contribution in [2.24, 2.45) is 0 Å². The van der Waals surface area contributed by atoms with Crippen LogP contribution < -0.4 is 0 Å². The van der Waals surface area contributed by atoms with Crippen LogP contribution in [0.15, 0.2) is 18.2 Å². The molecular formula is C16H23N3. The van der Waals surface area contributed by atoms with E-state index < -0.39 is 0 Å². The molecule has 3 heteroatoms. The standard InChI is InChI=1S/C16H23N3/c1-12-4-5-14-10-15(17-16(14)13(12)2)11-19-8-6-18(3)7-9-19/h4-5,10,17H,6-9,11H2,1-3H3. The molecule has 1 saturated heterocycles. The number of piperazine rings is 1. The quantitative estimate of drug-likeness (QED) is 0.893. The van der Waals surface area contributed by atoms with Gasteiger partial charge in [0.05, 0.1) is 0 Å². The molecule has 0 amide bonds. The fraction of sp³-hybridized carbons (Fsp3) is 0.500. The molecular weight excluding hydrogens is 234 g/mol. The third-order valence-corrected chi connectivity index (χ3v) is 4.37. The maximum atomic E-state index is 3.61. The first kappa shape index (κ1) is 12.7. The molecule has 1 fully saturated rings. The number of hydrogen-bond donors (Lipinski definition) is 1. The van der Waals surface area contributed by atoms with Gasteiger partial charge in [0.1, 0.15) is 0 Å². The summed E-state index contributed by atoms with van der Waals surface area (Å²) >= 11 is 0. The van der Waals surface area contributed by atoms with Gasteiger partial charge in [-0.3, -0.25) is 4.90 Å². The van der Waals surface area contributed by atoms with Gasteiger partial charge in [-0.25, -0.2) is 0 Å². The van der Waals surface area contributed by atoms with Crippen molar-refractivity contribution in [2.45, 2.75) is 20.4 Å². The highest BCUT2D eigenvalue weighted by Gasteiger charge is 2.15. The number of rotatable bonds is 2. The zero-order chi connectivity index (χ0) is 13.4. The number of nitrogens with zero attached hydrogens (tertiary/aromatic N) is 2. The van der Waals surface area contributed by atoms with E-state index in [1.54, 1.807) is 0 Å². The number of aryl methyl sites for hydroxylation is 2. The van der Waals surface area contributed by atoms with Crippen LogP contribution in [0.1, 0.15) is 16.8 Å². The van der Waals surface area contributed by atoms with Crippen LogP contribution in [0.4, 0.5) is 0 Å². The second kappa shape index (κ2) is 4.99. The Balaban J connectivity index is 1.80. The van der Waals surface area contributed by atoms with Crippen molar-refractivity contribution >= 4 is 10.9 Å². The number of H-pyrrole nitrogens is 1. The summed E-state index contributed by atoms with van der Waals surface area (Å²) in [5.41, 5.74) is 5.39. The molecule has 2 heterocycles. The smallest absolute Gasteiger partial charge is 0.0488 e. The average molecular weight is 257 g/mol. The van der Waals surface area contributed by atoms with Crippen molar-refractivity contribution in [3.63, 3.8) is 0 Å². The lowest BCUT2D eigenvalue weighted by atomic mass is 10.1. The number of likely N-dealkylation sites (N-methyl/N-ethyl adjacent to an activating group) is 1. The van der Waals surface area contributed by atoms with Crippen molar-refractivity contribution in [3.05, 3.63) is 35.0 Å². The van der Waals surface area contributed by atoms with E-state index in [2.05, 4.69) is 53.9 Å². The van der Waals surface area contributed by atoms with Gasteiger partial charge in [0.25, 0.3) is 0 Å². The minimum absolute atomic E-state index is 1.04. The van der Waals surface area contributed by atoms with Gasteiger partial charge >= 0.3 is 0 Å². The Morgan fingerprint density at radius 1 is 1.11 bits per heavy atom. The molecule has 1 N–H and O–H groups in total. The van der Waals surface area contributed by atoms with E-state index in [1.165, 1.54) is 53.9 Å². The maximum absolute atomic E-state index is 3.61. The topological polar surface area (TPSA) is 22.3 Å². The largest absolute Gasteiger partial charge is 0.357 e. The predicted molar refractivity (Wildman–Crippen MR) is 80.5 cm³/mol. The summed E-state index contributed by atoms with van der Waals surface area (Å²) in [5.74, 6) is 0. The molecule has 1 aliphatic heterocycles. The van der Waals surface area contributed by atoms with Gasteiger partial charge in [0.15, 0.2) is 0 Å². The first-order valence-corrected chi connectivity index (χ1v) is 7.12. The third-order valence-electron chi connectivity index (χ3n) is 4.37. The van der Waals surface area contributed by atoms with E-state index in [0.717, 1.165) is 6.54 Å². The molecule has 2 aromatic rings. The third kappa shape index (κ3) is 2.53. The molecule has 1 aromatic carbocycles. The van der Waals surface area contributed by atoms with E-state index in [9.17, 15) is 0 Å². The number of nitrogens with one attached hydrogen (secondary N) is 1. The molecule has 0 saturated carbocycles. The molecule has 102 valence electrons. The minimum atomic E-state index is 1.04. The highest BCUT2D eigenvalue weighted by Crippen LogP contribution is 2.22. The lowest BCUT2D eigenvalue weighted by Crippen LogP contribution is -2.43. The van der Waals surface area contributed by atoms with Gasteiger partial charge in [-0.2, -0.15) is 0 Å². The monoisotopic (exact) mass is 257 g/mol. The van der Waals surface area contributed by atoms with Crippen molar-refractivity contribution in [2.75, 3.05) is 33.2 Å². The summed E-state index contributed by atoms with van der Waals surface area (Å²) < 4.78 is 0. The first-order valence-electron chi connectivity index (χ1n) is 7.12. The SMILES string of the molecule is Cc1ccc2cc(CN3CCN(C)CC3)[nH]c2c1C. The second-order valence-electron chi connectivity index (χ2n) is 5.85. The summed E-state index contributed by atoms with van der Waals surface area (Å²) in [6, 6.07) is 6.74. The van der Waals surface area contributed by atoms with E-state index >= 15 is 0 Å². The number of fused-ring (bicyclic) bond motifs is 1. The van der Waals surface area contributed by atoms with Crippen LogP contribution >= 0.6 is 0 Å². The highest BCUT2D eigenvalue weighted by molar-refractivity contribution is 5.84. The van der Waals surface area contributed by atoms with Crippen LogP contribution in [-0.2, 0) is 6.54 Å². The number of benzene rings is 1. The van der Waals surface area contributed by atoms with Crippen LogP contribution in [0, 0.1) is 13.8 Å².